The van der Waals surface area contributed by atoms with Gasteiger partial charge >= 0.3 is 12.0 Å². The Bertz CT molecular complexity index is 333. The van der Waals surface area contributed by atoms with Crippen molar-refractivity contribution >= 4 is 17.9 Å². The Morgan fingerprint density at radius 3 is 3.00 bits per heavy atom. The third-order valence-electron chi connectivity index (χ3n) is 2.51. The van der Waals surface area contributed by atoms with E-state index in [4.69, 9.17) is 9.84 Å². The number of urea groups is 1. The van der Waals surface area contributed by atoms with Crippen LogP contribution in [0.25, 0.3) is 0 Å². The average molecular weight is 259 g/mol. The predicted molar refractivity (Wildman–Crippen MR) is 61.0 cm³/mol. The molecule has 1 fully saturated rings. The van der Waals surface area contributed by atoms with Crippen LogP contribution in [0.15, 0.2) is 0 Å². The van der Waals surface area contributed by atoms with E-state index in [2.05, 4.69) is 10.6 Å². The number of carboxylic acid groups (broad SMARTS) is 1. The van der Waals surface area contributed by atoms with Crippen molar-refractivity contribution in [2.24, 2.45) is 0 Å². The summed E-state index contributed by atoms with van der Waals surface area (Å²) >= 11 is 0. The van der Waals surface area contributed by atoms with E-state index in [0.717, 1.165) is 0 Å². The standard InChI is InChI=1S/C10H17N3O5/c1-7-9(16)11-2-4-13(7)10(17)12-3-5-18-6-8(14)15/h7H,2-6H2,1H3,(H,11,16)(H,12,17)(H,14,15). The van der Waals surface area contributed by atoms with Crippen LogP contribution in [0.2, 0.25) is 0 Å². The second-order valence-corrected chi connectivity index (χ2v) is 3.84. The van der Waals surface area contributed by atoms with Crippen LogP contribution >= 0.6 is 0 Å². The number of aliphatic carboxylic acids is 1. The molecule has 0 aromatic carbocycles. The summed E-state index contributed by atoms with van der Waals surface area (Å²) < 4.78 is 4.77. The van der Waals surface area contributed by atoms with E-state index in [-0.39, 0.29) is 25.1 Å². The fourth-order valence-corrected chi connectivity index (χ4v) is 1.55. The van der Waals surface area contributed by atoms with Crippen molar-refractivity contribution < 1.29 is 24.2 Å². The SMILES string of the molecule is CC1C(=O)NCCN1C(=O)NCCOCC(=O)O. The van der Waals surface area contributed by atoms with Crippen LogP contribution in [0.5, 0.6) is 0 Å². The molecule has 0 aliphatic carbocycles. The molecule has 18 heavy (non-hydrogen) atoms. The molecule has 1 aliphatic heterocycles. The summed E-state index contributed by atoms with van der Waals surface area (Å²) in [5.74, 6) is -1.24. The van der Waals surface area contributed by atoms with Gasteiger partial charge in [-0.05, 0) is 6.92 Å². The molecule has 102 valence electrons. The van der Waals surface area contributed by atoms with Crippen LogP contribution in [0.1, 0.15) is 6.92 Å². The monoisotopic (exact) mass is 259 g/mol. The van der Waals surface area contributed by atoms with Crippen LogP contribution < -0.4 is 10.6 Å². The molecule has 1 heterocycles. The van der Waals surface area contributed by atoms with Gasteiger partial charge in [-0.3, -0.25) is 4.79 Å². The first kappa shape index (κ1) is 14.2. The molecule has 1 rings (SSSR count). The molecule has 0 saturated carbocycles. The van der Waals surface area contributed by atoms with Gasteiger partial charge in [0.25, 0.3) is 0 Å². The number of hydrogen-bond donors (Lipinski definition) is 3. The van der Waals surface area contributed by atoms with Gasteiger partial charge in [-0.2, -0.15) is 0 Å². The summed E-state index contributed by atoms with van der Waals surface area (Å²) in [6.45, 7) is 2.47. The minimum absolute atomic E-state index is 0.118. The predicted octanol–water partition coefficient (Wildman–Crippen LogP) is -1.38. The van der Waals surface area contributed by atoms with Gasteiger partial charge in [0.15, 0.2) is 0 Å². The van der Waals surface area contributed by atoms with E-state index in [1.165, 1.54) is 4.90 Å². The third-order valence-corrected chi connectivity index (χ3v) is 2.51. The molecular formula is C10H17N3O5. The van der Waals surface area contributed by atoms with E-state index >= 15 is 0 Å². The molecule has 0 radical (unpaired) electrons. The molecule has 0 bridgehead atoms. The quantitative estimate of drug-likeness (QED) is 0.527. The Hall–Kier alpha value is -1.83. The normalized spacial score (nSPS) is 19.3. The number of rotatable bonds is 5. The van der Waals surface area contributed by atoms with Gasteiger partial charge < -0.3 is 25.4 Å². The van der Waals surface area contributed by atoms with Crippen molar-refractivity contribution in [3.8, 4) is 0 Å². The van der Waals surface area contributed by atoms with Gasteiger partial charge in [-0.15, -0.1) is 0 Å². The average Bonchev–Trinajstić information content (AvgIpc) is 2.31. The Kier molecular flexibility index (Phi) is 5.37. The second kappa shape index (κ2) is 6.80. The van der Waals surface area contributed by atoms with Crippen LogP contribution in [0.4, 0.5) is 4.79 Å². The van der Waals surface area contributed by atoms with Crippen molar-refractivity contribution in [3.05, 3.63) is 0 Å². The van der Waals surface area contributed by atoms with E-state index in [1.807, 2.05) is 0 Å². The molecule has 8 nitrogen and oxygen atoms in total. The molecule has 1 aliphatic rings. The van der Waals surface area contributed by atoms with Crippen LogP contribution in [0, 0.1) is 0 Å². The third kappa shape index (κ3) is 4.21. The molecule has 8 heteroatoms. The zero-order valence-electron chi connectivity index (χ0n) is 10.1. The maximum atomic E-state index is 11.7. The highest BCUT2D eigenvalue weighted by atomic mass is 16.5. The molecule has 1 unspecified atom stereocenters. The summed E-state index contributed by atoms with van der Waals surface area (Å²) in [6, 6.07) is -0.852. The van der Waals surface area contributed by atoms with Crippen LogP contribution in [-0.2, 0) is 14.3 Å². The molecule has 1 saturated heterocycles. The summed E-state index contributed by atoms with van der Waals surface area (Å²) in [6.07, 6.45) is 0. The zero-order valence-corrected chi connectivity index (χ0v) is 10.1. The number of ether oxygens (including phenoxy) is 1. The molecule has 0 aromatic rings. The summed E-state index contributed by atoms with van der Waals surface area (Å²) in [7, 11) is 0. The molecular weight excluding hydrogens is 242 g/mol. The van der Waals surface area contributed by atoms with Gasteiger partial charge in [0.05, 0.1) is 6.61 Å². The van der Waals surface area contributed by atoms with Crippen molar-refractivity contribution in [1.82, 2.24) is 15.5 Å². The summed E-state index contributed by atoms with van der Waals surface area (Å²) in [5.41, 5.74) is 0. The molecule has 1 atom stereocenters. The Labute approximate surface area is 104 Å². The number of carboxylic acids is 1. The topological polar surface area (TPSA) is 108 Å². The Morgan fingerprint density at radius 1 is 1.61 bits per heavy atom. The lowest BCUT2D eigenvalue weighted by Gasteiger charge is -2.32. The highest BCUT2D eigenvalue weighted by Crippen LogP contribution is 2.03. The van der Waals surface area contributed by atoms with Gasteiger partial charge in [0, 0.05) is 19.6 Å². The second-order valence-electron chi connectivity index (χ2n) is 3.84. The fraction of sp³-hybridized carbons (Fsp3) is 0.700. The summed E-state index contributed by atoms with van der Waals surface area (Å²) in [5, 5.41) is 13.5. The highest BCUT2D eigenvalue weighted by molar-refractivity contribution is 5.87. The first-order valence-corrected chi connectivity index (χ1v) is 5.64. The fourth-order valence-electron chi connectivity index (χ4n) is 1.55. The minimum atomic E-state index is -1.05. The molecule has 0 spiro atoms. The van der Waals surface area contributed by atoms with Gasteiger partial charge in [-0.1, -0.05) is 0 Å². The highest BCUT2D eigenvalue weighted by Gasteiger charge is 2.28. The van der Waals surface area contributed by atoms with E-state index in [9.17, 15) is 14.4 Å². The lowest BCUT2D eigenvalue weighted by Crippen LogP contribution is -2.58. The van der Waals surface area contributed by atoms with E-state index in [0.29, 0.717) is 13.1 Å². The number of carbonyl (C=O) groups is 3. The number of piperazine rings is 1. The Balaban J connectivity index is 2.23. The zero-order chi connectivity index (χ0) is 13.5. The number of nitrogens with one attached hydrogen (secondary N) is 2. The first-order chi connectivity index (χ1) is 8.52. The van der Waals surface area contributed by atoms with Crippen molar-refractivity contribution in [2.45, 2.75) is 13.0 Å². The number of nitrogens with zero attached hydrogens (tertiary/aromatic N) is 1. The molecule has 0 aromatic heterocycles. The lowest BCUT2D eigenvalue weighted by molar-refractivity contribution is -0.142. The lowest BCUT2D eigenvalue weighted by atomic mass is 10.2. The van der Waals surface area contributed by atoms with Crippen molar-refractivity contribution in [3.63, 3.8) is 0 Å². The molecule has 3 N–H and O–H groups in total. The largest absolute Gasteiger partial charge is 0.480 e. The maximum absolute atomic E-state index is 11.7. The molecule has 3 amide bonds. The van der Waals surface area contributed by atoms with E-state index < -0.39 is 18.6 Å². The van der Waals surface area contributed by atoms with Gasteiger partial charge in [0.2, 0.25) is 5.91 Å². The van der Waals surface area contributed by atoms with Gasteiger partial charge in [-0.25, -0.2) is 9.59 Å². The number of amides is 3. The van der Waals surface area contributed by atoms with E-state index in [1.54, 1.807) is 6.92 Å². The van der Waals surface area contributed by atoms with Gasteiger partial charge in [0.1, 0.15) is 12.6 Å². The minimum Gasteiger partial charge on any atom is -0.480 e. The maximum Gasteiger partial charge on any atom is 0.329 e. The summed E-state index contributed by atoms with van der Waals surface area (Å²) in [4.78, 5) is 34.6. The van der Waals surface area contributed by atoms with Crippen molar-refractivity contribution in [2.75, 3.05) is 32.8 Å². The number of carbonyl (C=O) groups excluding carboxylic acids is 2. The Morgan fingerprint density at radius 2 is 2.33 bits per heavy atom. The van der Waals surface area contributed by atoms with Crippen LogP contribution in [-0.4, -0.2) is 66.8 Å². The smallest absolute Gasteiger partial charge is 0.329 e. The van der Waals surface area contributed by atoms with Crippen molar-refractivity contribution in [1.29, 1.82) is 0 Å². The first-order valence-electron chi connectivity index (χ1n) is 5.64. The van der Waals surface area contributed by atoms with Crippen LogP contribution in [0.3, 0.4) is 0 Å². The number of hydrogen-bond acceptors (Lipinski definition) is 4.